The topological polar surface area (TPSA) is 39.4 Å². The normalized spacial score (nSPS) is 12.2. The third kappa shape index (κ3) is 3.41. The SMILES string of the molecule is Cc1cccc(O[Si](C)(C)C)c1N=Cc1nc2ccccc2n1C. The average Bonchev–Trinajstić information content (AvgIpc) is 2.82. The summed E-state index contributed by atoms with van der Waals surface area (Å²) in [4.78, 5) is 9.35. The van der Waals surface area contributed by atoms with E-state index >= 15 is 0 Å². The highest BCUT2D eigenvalue weighted by Crippen LogP contribution is 2.32. The molecule has 5 heteroatoms. The fourth-order valence-electron chi connectivity index (χ4n) is 2.61. The molecule has 0 bridgehead atoms. The summed E-state index contributed by atoms with van der Waals surface area (Å²) in [6.07, 6.45) is 1.82. The maximum absolute atomic E-state index is 6.19. The van der Waals surface area contributed by atoms with E-state index in [0.29, 0.717) is 0 Å². The molecule has 0 amide bonds. The highest BCUT2D eigenvalue weighted by molar-refractivity contribution is 6.70. The Bertz CT molecular complexity index is 907. The lowest BCUT2D eigenvalue weighted by Gasteiger charge is -2.21. The van der Waals surface area contributed by atoms with Crippen LogP contribution in [0.25, 0.3) is 11.0 Å². The Balaban J connectivity index is 2.01. The third-order valence-corrected chi connectivity index (χ3v) is 4.58. The van der Waals surface area contributed by atoms with Crippen LogP contribution in [0.5, 0.6) is 5.75 Å². The first kappa shape index (κ1) is 16.5. The van der Waals surface area contributed by atoms with Crippen molar-refractivity contribution in [2.75, 3.05) is 0 Å². The molecule has 4 nitrogen and oxygen atoms in total. The smallest absolute Gasteiger partial charge is 0.242 e. The first-order valence-corrected chi connectivity index (χ1v) is 11.5. The molecule has 0 aliphatic heterocycles. The van der Waals surface area contributed by atoms with Crippen LogP contribution in [0.1, 0.15) is 11.4 Å². The Hall–Kier alpha value is -2.40. The number of fused-ring (bicyclic) bond motifs is 1. The lowest BCUT2D eigenvalue weighted by atomic mass is 10.2. The van der Waals surface area contributed by atoms with E-state index in [9.17, 15) is 0 Å². The first-order chi connectivity index (χ1) is 11.3. The van der Waals surface area contributed by atoms with Crippen LogP contribution < -0.4 is 4.43 Å². The standard InChI is InChI=1S/C19H23N3OSi/c1-14-9-8-12-17(23-24(3,4)5)19(14)20-13-18-21-15-10-6-7-11-16(15)22(18)2/h6-13H,1-5H3. The zero-order valence-corrected chi connectivity index (χ0v) is 15.9. The number of rotatable bonds is 4. The average molecular weight is 337 g/mol. The molecule has 124 valence electrons. The molecule has 0 radical (unpaired) electrons. The number of aromatic nitrogens is 2. The minimum atomic E-state index is -1.69. The van der Waals surface area contributed by atoms with Crippen molar-refractivity contribution in [3.8, 4) is 5.75 Å². The van der Waals surface area contributed by atoms with Gasteiger partial charge in [-0.05, 0) is 50.3 Å². The first-order valence-electron chi connectivity index (χ1n) is 8.09. The molecule has 24 heavy (non-hydrogen) atoms. The fourth-order valence-corrected chi connectivity index (χ4v) is 3.44. The van der Waals surface area contributed by atoms with Crippen molar-refractivity contribution < 1.29 is 4.43 Å². The van der Waals surface area contributed by atoms with Gasteiger partial charge < -0.3 is 8.99 Å². The van der Waals surface area contributed by atoms with Gasteiger partial charge in [-0.2, -0.15) is 0 Å². The number of nitrogens with zero attached hydrogens (tertiary/aromatic N) is 3. The van der Waals surface area contributed by atoms with Gasteiger partial charge in [-0.1, -0.05) is 24.3 Å². The van der Waals surface area contributed by atoms with E-state index in [0.717, 1.165) is 33.9 Å². The molecule has 0 fully saturated rings. The maximum Gasteiger partial charge on any atom is 0.242 e. The Morgan fingerprint density at radius 1 is 1.08 bits per heavy atom. The predicted octanol–water partition coefficient (Wildman–Crippen LogP) is 4.85. The number of hydrogen-bond donors (Lipinski definition) is 0. The van der Waals surface area contributed by atoms with E-state index in [1.165, 1.54) is 0 Å². The number of imidazole rings is 1. The highest BCUT2D eigenvalue weighted by atomic mass is 28.4. The van der Waals surface area contributed by atoms with Gasteiger partial charge in [0.25, 0.3) is 0 Å². The number of benzene rings is 2. The molecule has 0 saturated carbocycles. The van der Waals surface area contributed by atoms with Gasteiger partial charge in [0.15, 0.2) is 5.82 Å². The van der Waals surface area contributed by atoms with Crippen molar-refractivity contribution in [3.05, 3.63) is 53.9 Å². The number of para-hydroxylation sites is 3. The second kappa shape index (κ2) is 6.24. The van der Waals surface area contributed by atoms with Gasteiger partial charge in [-0.25, -0.2) is 9.98 Å². The van der Waals surface area contributed by atoms with Gasteiger partial charge in [-0.3, -0.25) is 0 Å². The zero-order chi connectivity index (χ0) is 17.3. The Morgan fingerprint density at radius 2 is 1.83 bits per heavy atom. The van der Waals surface area contributed by atoms with Crippen LogP contribution >= 0.6 is 0 Å². The molecule has 0 aliphatic carbocycles. The van der Waals surface area contributed by atoms with Crippen LogP contribution in [-0.4, -0.2) is 24.1 Å². The number of hydrogen-bond acceptors (Lipinski definition) is 3. The molecule has 0 atom stereocenters. The Kier molecular flexibility index (Phi) is 4.28. The van der Waals surface area contributed by atoms with E-state index < -0.39 is 8.32 Å². The second-order valence-electron chi connectivity index (χ2n) is 6.91. The minimum Gasteiger partial charge on any atom is -0.543 e. The summed E-state index contributed by atoms with van der Waals surface area (Å²) in [5.74, 6) is 1.68. The lowest BCUT2D eigenvalue weighted by Crippen LogP contribution is -2.29. The maximum atomic E-state index is 6.19. The van der Waals surface area contributed by atoms with Crippen LogP contribution in [0.3, 0.4) is 0 Å². The van der Waals surface area contributed by atoms with Crippen molar-refractivity contribution in [1.29, 1.82) is 0 Å². The molecule has 0 aliphatic rings. The van der Waals surface area contributed by atoms with Crippen LogP contribution in [0.2, 0.25) is 19.6 Å². The van der Waals surface area contributed by atoms with Crippen molar-refractivity contribution >= 4 is 31.3 Å². The van der Waals surface area contributed by atoms with Crippen molar-refractivity contribution in [1.82, 2.24) is 9.55 Å². The number of aliphatic imine (C=N–C) groups is 1. The quantitative estimate of drug-likeness (QED) is 0.504. The molecule has 0 saturated heterocycles. The summed E-state index contributed by atoms with van der Waals surface area (Å²) in [6.45, 7) is 8.58. The third-order valence-electron chi connectivity index (χ3n) is 3.75. The van der Waals surface area contributed by atoms with Crippen LogP contribution in [-0.2, 0) is 7.05 Å². The summed E-state index contributed by atoms with van der Waals surface area (Å²) >= 11 is 0. The predicted molar refractivity (Wildman–Crippen MR) is 103 cm³/mol. The molecule has 0 spiro atoms. The Labute approximate surface area is 144 Å². The van der Waals surface area contributed by atoms with E-state index in [2.05, 4.69) is 48.2 Å². The Morgan fingerprint density at radius 3 is 2.54 bits per heavy atom. The van der Waals surface area contributed by atoms with Crippen LogP contribution in [0.15, 0.2) is 47.5 Å². The molecular weight excluding hydrogens is 314 g/mol. The molecule has 3 aromatic rings. The monoisotopic (exact) mass is 337 g/mol. The largest absolute Gasteiger partial charge is 0.543 e. The van der Waals surface area contributed by atoms with Gasteiger partial charge in [0.1, 0.15) is 11.4 Å². The molecule has 2 aromatic carbocycles. The van der Waals surface area contributed by atoms with E-state index in [1.807, 2.05) is 43.6 Å². The fraction of sp³-hybridized carbons (Fsp3) is 0.263. The summed E-state index contributed by atoms with van der Waals surface area (Å²) in [6, 6.07) is 14.2. The van der Waals surface area contributed by atoms with Gasteiger partial charge in [0.2, 0.25) is 8.32 Å². The minimum absolute atomic E-state index is 0.832. The molecule has 3 rings (SSSR count). The van der Waals surface area contributed by atoms with Gasteiger partial charge in [0.05, 0.1) is 17.2 Å². The second-order valence-corrected chi connectivity index (χ2v) is 11.3. The molecular formula is C19H23N3OSi. The van der Waals surface area contributed by atoms with Crippen molar-refractivity contribution in [3.63, 3.8) is 0 Å². The van der Waals surface area contributed by atoms with Gasteiger partial charge in [-0.15, -0.1) is 0 Å². The molecule has 1 aromatic heterocycles. The lowest BCUT2D eigenvalue weighted by molar-refractivity contribution is 0.558. The summed E-state index contributed by atoms with van der Waals surface area (Å²) in [5.41, 5.74) is 4.06. The molecule has 0 unspecified atom stereocenters. The zero-order valence-electron chi connectivity index (χ0n) is 14.9. The van der Waals surface area contributed by atoms with E-state index in [4.69, 9.17) is 9.42 Å². The summed E-state index contributed by atoms with van der Waals surface area (Å²) in [5, 5.41) is 0. The van der Waals surface area contributed by atoms with E-state index in [-0.39, 0.29) is 0 Å². The molecule has 0 N–H and O–H groups in total. The highest BCUT2D eigenvalue weighted by Gasteiger charge is 2.18. The summed E-state index contributed by atoms with van der Waals surface area (Å²) in [7, 11) is 0.315. The van der Waals surface area contributed by atoms with Crippen molar-refractivity contribution in [2.45, 2.75) is 26.6 Å². The van der Waals surface area contributed by atoms with Crippen LogP contribution in [0, 0.1) is 6.92 Å². The van der Waals surface area contributed by atoms with Gasteiger partial charge >= 0.3 is 0 Å². The van der Waals surface area contributed by atoms with Gasteiger partial charge in [0, 0.05) is 7.05 Å². The molecule has 1 heterocycles. The van der Waals surface area contributed by atoms with Crippen molar-refractivity contribution in [2.24, 2.45) is 12.0 Å². The van der Waals surface area contributed by atoms with Crippen LogP contribution in [0.4, 0.5) is 5.69 Å². The summed E-state index contributed by atoms with van der Waals surface area (Å²) < 4.78 is 8.24. The van der Waals surface area contributed by atoms with E-state index in [1.54, 1.807) is 0 Å². The number of aryl methyl sites for hydroxylation is 2.